The first-order chi connectivity index (χ1) is 11.9. The molecule has 26 heavy (non-hydrogen) atoms. The van der Waals surface area contributed by atoms with Crippen LogP contribution in [0.1, 0.15) is 38.8 Å². The number of hydroxylamine groups is 1. The van der Waals surface area contributed by atoms with E-state index in [2.05, 4.69) is 4.84 Å². The van der Waals surface area contributed by atoms with E-state index in [9.17, 15) is 22.8 Å². The van der Waals surface area contributed by atoms with E-state index in [1.165, 1.54) is 17.0 Å². The van der Waals surface area contributed by atoms with Crippen molar-refractivity contribution in [2.45, 2.75) is 52.6 Å². The monoisotopic (exact) mass is 374 g/mol. The number of fused-ring (bicyclic) bond motifs is 1. The summed E-state index contributed by atoms with van der Waals surface area (Å²) in [5, 5.41) is 0.187. The Labute approximate surface area is 149 Å². The maximum atomic E-state index is 12.5. The van der Waals surface area contributed by atoms with E-state index in [-0.39, 0.29) is 17.3 Å². The molecule has 1 aliphatic heterocycles. The number of rotatable bonds is 2. The number of amides is 2. The Hall–Kier alpha value is -2.29. The number of carbonyl (C=O) groups excluding carboxylic acids is 2. The van der Waals surface area contributed by atoms with Crippen molar-refractivity contribution in [3.8, 4) is 0 Å². The van der Waals surface area contributed by atoms with E-state index in [0.29, 0.717) is 18.5 Å². The number of halogens is 3. The lowest BCUT2D eigenvalue weighted by Crippen LogP contribution is -2.40. The number of nitrogens with zero attached hydrogens (tertiary/aromatic N) is 2. The van der Waals surface area contributed by atoms with Gasteiger partial charge in [0.2, 0.25) is 5.91 Å². The van der Waals surface area contributed by atoms with Gasteiger partial charge < -0.3 is 9.64 Å². The second-order valence-electron chi connectivity index (χ2n) is 6.96. The van der Waals surface area contributed by atoms with Crippen LogP contribution in [0, 0.1) is 0 Å². The highest BCUT2D eigenvalue weighted by Gasteiger charge is 2.36. The van der Waals surface area contributed by atoms with E-state index in [0.717, 1.165) is 12.5 Å². The smallest absolute Gasteiger partial charge is 0.444 e. The van der Waals surface area contributed by atoms with Gasteiger partial charge >= 0.3 is 12.5 Å². The largest absolute Gasteiger partial charge is 0.544 e. The molecule has 0 fully saturated rings. The summed E-state index contributed by atoms with van der Waals surface area (Å²) in [5.41, 5.74) is 0.825. The molecule has 6 nitrogen and oxygen atoms in total. The molecule has 2 rings (SSSR count). The van der Waals surface area contributed by atoms with Crippen molar-refractivity contribution < 1.29 is 32.3 Å². The molecule has 1 aromatic carbocycles. The fourth-order valence-corrected chi connectivity index (χ4v) is 2.55. The summed E-state index contributed by atoms with van der Waals surface area (Å²) in [4.78, 5) is 29.0. The van der Waals surface area contributed by atoms with Crippen LogP contribution in [0.5, 0.6) is 0 Å². The van der Waals surface area contributed by atoms with Crippen molar-refractivity contribution in [1.82, 2.24) is 4.90 Å². The lowest BCUT2D eigenvalue weighted by atomic mass is 9.99. The summed E-state index contributed by atoms with van der Waals surface area (Å²) >= 11 is 0. The average molecular weight is 374 g/mol. The molecule has 9 heteroatoms. The van der Waals surface area contributed by atoms with Crippen molar-refractivity contribution in [3.63, 3.8) is 0 Å². The van der Waals surface area contributed by atoms with Gasteiger partial charge in [0.25, 0.3) is 0 Å². The molecule has 0 aliphatic carbocycles. The van der Waals surface area contributed by atoms with E-state index in [1.807, 2.05) is 0 Å². The summed E-state index contributed by atoms with van der Waals surface area (Å²) in [6.07, 6.45) is -4.96. The van der Waals surface area contributed by atoms with E-state index >= 15 is 0 Å². The first-order valence-electron chi connectivity index (χ1n) is 8.02. The molecule has 1 aromatic rings. The minimum absolute atomic E-state index is 0.0559. The van der Waals surface area contributed by atoms with Gasteiger partial charge in [-0.05, 0) is 50.5 Å². The molecule has 0 unspecified atom stereocenters. The van der Waals surface area contributed by atoms with Crippen LogP contribution in [-0.2, 0) is 27.3 Å². The molecule has 0 saturated carbocycles. The number of ether oxygens (including phenoxy) is 1. The fraction of sp³-hybridized carbons (Fsp3) is 0.529. The Bertz CT molecular complexity index is 698. The van der Waals surface area contributed by atoms with Gasteiger partial charge in [0.05, 0.1) is 5.69 Å². The molecular weight excluding hydrogens is 353 g/mol. The van der Waals surface area contributed by atoms with E-state index in [1.54, 1.807) is 26.8 Å². The van der Waals surface area contributed by atoms with Crippen LogP contribution in [-0.4, -0.2) is 35.4 Å². The first kappa shape index (κ1) is 20.0. The topological polar surface area (TPSA) is 59.1 Å². The minimum atomic E-state index is -5.00. The lowest BCUT2D eigenvalue weighted by Gasteiger charge is -2.32. The Balaban J connectivity index is 2.23. The predicted octanol–water partition coefficient (Wildman–Crippen LogP) is 3.78. The van der Waals surface area contributed by atoms with Gasteiger partial charge in [-0.2, -0.15) is 9.90 Å². The normalized spacial score (nSPS) is 14.7. The highest BCUT2D eigenvalue weighted by Crippen LogP contribution is 2.29. The zero-order chi connectivity index (χ0) is 19.7. The third-order valence-electron chi connectivity index (χ3n) is 3.57. The average Bonchev–Trinajstić information content (AvgIpc) is 2.48. The Morgan fingerprint density at radius 1 is 1.15 bits per heavy atom. The number of hydrogen-bond acceptors (Lipinski definition) is 4. The Kier molecular flexibility index (Phi) is 5.50. The summed E-state index contributed by atoms with van der Waals surface area (Å²) in [6.45, 7) is 6.84. The number of hydrogen-bond donors (Lipinski definition) is 0. The summed E-state index contributed by atoms with van der Waals surface area (Å²) < 4.78 is 42.9. The quantitative estimate of drug-likeness (QED) is 0.739. The predicted molar refractivity (Wildman–Crippen MR) is 87.1 cm³/mol. The highest BCUT2D eigenvalue weighted by molar-refractivity contribution is 5.89. The molecule has 0 atom stereocenters. The summed E-state index contributed by atoms with van der Waals surface area (Å²) in [5.74, 6) is -0.915. The van der Waals surface area contributed by atoms with Crippen LogP contribution >= 0.6 is 0 Å². The van der Waals surface area contributed by atoms with Gasteiger partial charge in [0.1, 0.15) is 5.60 Å². The molecule has 0 aromatic heterocycles. The second-order valence-corrected chi connectivity index (χ2v) is 6.96. The number of benzene rings is 1. The molecule has 0 bridgehead atoms. The maximum absolute atomic E-state index is 12.5. The minimum Gasteiger partial charge on any atom is -0.444 e. The van der Waals surface area contributed by atoms with Gasteiger partial charge in [0.15, 0.2) is 0 Å². The van der Waals surface area contributed by atoms with E-state index in [4.69, 9.17) is 4.74 Å². The number of anilines is 1. The Morgan fingerprint density at radius 3 is 2.35 bits per heavy atom. The summed E-state index contributed by atoms with van der Waals surface area (Å²) in [6, 6.07) is 4.43. The van der Waals surface area contributed by atoms with Crippen LogP contribution in [0.4, 0.5) is 23.7 Å². The molecule has 0 radical (unpaired) electrons. The molecule has 2 amide bonds. The second kappa shape index (κ2) is 7.14. The van der Waals surface area contributed by atoms with Crippen molar-refractivity contribution >= 4 is 17.7 Å². The first-order valence-corrected chi connectivity index (χ1v) is 8.02. The van der Waals surface area contributed by atoms with Crippen molar-refractivity contribution in [2.75, 3.05) is 11.6 Å². The fourth-order valence-electron chi connectivity index (χ4n) is 2.55. The van der Waals surface area contributed by atoms with Crippen molar-refractivity contribution in [1.29, 1.82) is 0 Å². The van der Waals surface area contributed by atoms with Gasteiger partial charge in [0, 0.05) is 20.0 Å². The molecular formula is C17H21F3N2O4. The molecule has 1 aliphatic rings. The van der Waals surface area contributed by atoms with Gasteiger partial charge in [-0.3, -0.25) is 4.79 Å². The van der Waals surface area contributed by atoms with Gasteiger partial charge in [-0.1, -0.05) is 6.07 Å². The zero-order valence-electron chi connectivity index (χ0n) is 15.0. The van der Waals surface area contributed by atoms with Gasteiger partial charge in [-0.15, -0.1) is 13.2 Å². The van der Waals surface area contributed by atoms with E-state index < -0.39 is 24.0 Å². The van der Waals surface area contributed by atoms with Crippen LogP contribution < -0.4 is 5.06 Å². The SMILES string of the molecule is CC(=O)N(OC(F)(F)F)c1ccc2c(c1)CN(C(=O)OC(C)(C)C)CC2. The van der Waals surface area contributed by atoms with Crippen molar-refractivity contribution in [2.24, 2.45) is 0 Å². The maximum Gasteiger partial charge on any atom is 0.544 e. The van der Waals surface area contributed by atoms with Crippen LogP contribution in [0.2, 0.25) is 0 Å². The molecule has 0 saturated heterocycles. The molecule has 0 N–H and O–H groups in total. The number of carbonyl (C=O) groups is 2. The number of alkyl halides is 3. The van der Waals surface area contributed by atoms with Crippen LogP contribution in [0.15, 0.2) is 18.2 Å². The molecule has 1 heterocycles. The molecule has 0 spiro atoms. The Morgan fingerprint density at radius 2 is 1.81 bits per heavy atom. The standard InChI is InChI=1S/C17H21F3N2O4/c1-11(23)22(26-17(18,19)20)14-6-5-12-7-8-21(10-13(12)9-14)15(24)25-16(2,3)4/h5-6,9H,7-8,10H2,1-4H3. The third-order valence-corrected chi connectivity index (χ3v) is 3.57. The van der Waals surface area contributed by atoms with Crippen LogP contribution in [0.25, 0.3) is 0 Å². The molecule has 144 valence electrons. The van der Waals surface area contributed by atoms with Gasteiger partial charge in [-0.25, -0.2) is 4.79 Å². The highest BCUT2D eigenvalue weighted by atomic mass is 19.4. The third kappa shape index (κ3) is 5.35. The lowest BCUT2D eigenvalue weighted by molar-refractivity contribution is -0.327. The van der Waals surface area contributed by atoms with Crippen LogP contribution in [0.3, 0.4) is 0 Å². The summed E-state index contributed by atoms with van der Waals surface area (Å²) in [7, 11) is 0. The van der Waals surface area contributed by atoms with Crippen molar-refractivity contribution in [3.05, 3.63) is 29.3 Å². The zero-order valence-corrected chi connectivity index (χ0v) is 15.0.